The van der Waals surface area contributed by atoms with Crippen molar-refractivity contribution in [1.82, 2.24) is 0 Å². The van der Waals surface area contributed by atoms with Gasteiger partial charge in [0.15, 0.2) is 17.3 Å². The van der Waals surface area contributed by atoms with Gasteiger partial charge in [0, 0.05) is 5.56 Å². The van der Waals surface area contributed by atoms with E-state index in [1.165, 1.54) is 13.0 Å². The third kappa shape index (κ3) is 1.64. The standard InChI is InChI=1S/C8H6BrFO2/c1-4(11)5-2-6(9)8(10)7(12)3-5/h2-3,12H,1H3. The predicted molar refractivity (Wildman–Crippen MR) is 45.8 cm³/mol. The fourth-order valence-electron chi connectivity index (χ4n) is 0.778. The molecule has 0 saturated heterocycles. The molecule has 0 radical (unpaired) electrons. The lowest BCUT2D eigenvalue weighted by Gasteiger charge is -2.00. The zero-order valence-electron chi connectivity index (χ0n) is 6.27. The molecular formula is C8H6BrFO2. The summed E-state index contributed by atoms with van der Waals surface area (Å²) in [5, 5.41) is 8.97. The molecule has 0 amide bonds. The highest BCUT2D eigenvalue weighted by molar-refractivity contribution is 9.10. The van der Waals surface area contributed by atoms with Crippen LogP contribution in [0.3, 0.4) is 0 Å². The Balaban J connectivity index is 3.31. The number of rotatable bonds is 1. The van der Waals surface area contributed by atoms with E-state index in [0.29, 0.717) is 0 Å². The maximum atomic E-state index is 12.8. The summed E-state index contributed by atoms with van der Waals surface area (Å²) < 4.78 is 12.9. The third-order valence-electron chi connectivity index (χ3n) is 1.42. The second-order valence-corrected chi connectivity index (χ2v) is 3.20. The number of phenolic OH excluding ortho intramolecular Hbond substituents is 1. The molecule has 0 aliphatic carbocycles. The molecule has 1 rings (SSSR count). The lowest BCUT2D eigenvalue weighted by Crippen LogP contribution is -1.93. The number of carbonyl (C=O) groups is 1. The maximum absolute atomic E-state index is 12.8. The number of carbonyl (C=O) groups excluding carboxylic acids is 1. The van der Waals surface area contributed by atoms with Crippen LogP contribution in [0.5, 0.6) is 5.75 Å². The van der Waals surface area contributed by atoms with Gasteiger partial charge in [-0.2, -0.15) is 0 Å². The molecule has 0 atom stereocenters. The predicted octanol–water partition coefficient (Wildman–Crippen LogP) is 2.50. The summed E-state index contributed by atoms with van der Waals surface area (Å²) >= 11 is 2.88. The summed E-state index contributed by atoms with van der Waals surface area (Å²) in [4.78, 5) is 10.8. The van der Waals surface area contributed by atoms with Crippen LogP contribution in [0.4, 0.5) is 4.39 Å². The molecule has 12 heavy (non-hydrogen) atoms. The van der Waals surface area contributed by atoms with Crippen molar-refractivity contribution in [2.45, 2.75) is 6.92 Å². The minimum atomic E-state index is -0.750. The summed E-state index contributed by atoms with van der Waals surface area (Å²) in [6, 6.07) is 2.43. The normalized spacial score (nSPS) is 9.92. The van der Waals surface area contributed by atoms with Gasteiger partial charge in [0.25, 0.3) is 0 Å². The number of phenols is 1. The quantitative estimate of drug-likeness (QED) is 0.756. The van der Waals surface area contributed by atoms with Crippen LogP contribution in [0.1, 0.15) is 17.3 Å². The summed E-state index contributed by atoms with van der Waals surface area (Å²) in [6.45, 7) is 1.35. The Labute approximate surface area is 77.2 Å². The lowest BCUT2D eigenvalue weighted by molar-refractivity contribution is 0.101. The highest BCUT2D eigenvalue weighted by Crippen LogP contribution is 2.25. The molecule has 4 heteroatoms. The number of ketones is 1. The second kappa shape index (κ2) is 3.23. The Hall–Kier alpha value is -0.900. The van der Waals surface area contributed by atoms with E-state index in [1.807, 2.05) is 0 Å². The first-order valence-corrected chi connectivity index (χ1v) is 4.00. The van der Waals surface area contributed by atoms with Crippen LogP contribution < -0.4 is 0 Å². The zero-order chi connectivity index (χ0) is 9.30. The zero-order valence-corrected chi connectivity index (χ0v) is 7.85. The minimum Gasteiger partial charge on any atom is -0.505 e. The molecule has 64 valence electrons. The van der Waals surface area contributed by atoms with Crippen molar-refractivity contribution in [2.75, 3.05) is 0 Å². The number of benzene rings is 1. The van der Waals surface area contributed by atoms with E-state index in [1.54, 1.807) is 0 Å². The molecule has 0 fully saturated rings. The summed E-state index contributed by atoms with van der Waals surface area (Å²) in [7, 11) is 0. The Bertz CT molecular complexity index is 313. The number of Topliss-reactive ketones (excluding diaryl/α,β-unsaturated/α-hetero) is 1. The Morgan fingerprint density at radius 1 is 1.58 bits per heavy atom. The fourth-order valence-corrected chi connectivity index (χ4v) is 1.23. The molecule has 1 aromatic carbocycles. The number of hydrogen-bond donors (Lipinski definition) is 1. The first kappa shape index (κ1) is 9.19. The molecular weight excluding hydrogens is 227 g/mol. The molecule has 0 unspecified atom stereocenters. The molecule has 0 aliphatic rings. The molecule has 0 heterocycles. The van der Waals surface area contributed by atoms with Gasteiger partial charge in [-0.05, 0) is 35.0 Å². The summed E-state index contributed by atoms with van der Waals surface area (Å²) in [5.74, 6) is -1.49. The monoisotopic (exact) mass is 232 g/mol. The smallest absolute Gasteiger partial charge is 0.178 e. The van der Waals surface area contributed by atoms with Gasteiger partial charge in [-0.1, -0.05) is 0 Å². The van der Waals surface area contributed by atoms with Crippen LogP contribution in [0.2, 0.25) is 0 Å². The second-order valence-electron chi connectivity index (χ2n) is 2.35. The Morgan fingerprint density at radius 2 is 2.17 bits per heavy atom. The third-order valence-corrected chi connectivity index (χ3v) is 1.99. The van der Waals surface area contributed by atoms with Gasteiger partial charge in [0.1, 0.15) is 0 Å². The van der Waals surface area contributed by atoms with Crippen LogP contribution in [0, 0.1) is 5.82 Å². The van der Waals surface area contributed by atoms with Crippen LogP contribution in [0.25, 0.3) is 0 Å². The van der Waals surface area contributed by atoms with Crippen LogP contribution in [-0.2, 0) is 0 Å². The average molecular weight is 233 g/mol. The van der Waals surface area contributed by atoms with Crippen molar-refractivity contribution in [3.63, 3.8) is 0 Å². The number of hydrogen-bond acceptors (Lipinski definition) is 2. The number of halogens is 2. The van der Waals surface area contributed by atoms with Gasteiger partial charge in [0.05, 0.1) is 4.47 Å². The summed E-state index contributed by atoms with van der Waals surface area (Å²) in [6.07, 6.45) is 0. The molecule has 2 nitrogen and oxygen atoms in total. The Morgan fingerprint density at radius 3 is 2.58 bits per heavy atom. The van der Waals surface area contributed by atoms with E-state index in [0.717, 1.165) is 6.07 Å². The van der Waals surface area contributed by atoms with E-state index in [2.05, 4.69) is 15.9 Å². The molecule has 0 bridgehead atoms. The highest BCUT2D eigenvalue weighted by atomic mass is 79.9. The van der Waals surface area contributed by atoms with Gasteiger partial charge < -0.3 is 5.11 Å². The van der Waals surface area contributed by atoms with Crippen molar-refractivity contribution in [2.24, 2.45) is 0 Å². The first-order valence-electron chi connectivity index (χ1n) is 3.21. The van der Waals surface area contributed by atoms with Crippen molar-refractivity contribution >= 4 is 21.7 Å². The van der Waals surface area contributed by atoms with Crippen LogP contribution in [0.15, 0.2) is 16.6 Å². The van der Waals surface area contributed by atoms with E-state index >= 15 is 0 Å². The Kier molecular flexibility index (Phi) is 2.47. The van der Waals surface area contributed by atoms with Crippen molar-refractivity contribution < 1.29 is 14.3 Å². The highest BCUT2D eigenvalue weighted by Gasteiger charge is 2.09. The molecule has 1 aromatic rings. The van der Waals surface area contributed by atoms with Gasteiger partial charge in [-0.3, -0.25) is 4.79 Å². The maximum Gasteiger partial charge on any atom is 0.178 e. The molecule has 0 aromatic heterocycles. The van der Waals surface area contributed by atoms with Crippen LogP contribution >= 0.6 is 15.9 Å². The first-order chi connectivity index (χ1) is 5.52. The SMILES string of the molecule is CC(=O)c1cc(O)c(F)c(Br)c1. The van der Waals surface area contributed by atoms with E-state index < -0.39 is 11.6 Å². The van der Waals surface area contributed by atoms with Gasteiger partial charge in [-0.25, -0.2) is 4.39 Å². The number of aromatic hydroxyl groups is 1. The van der Waals surface area contributed by atoms with Crippen molar-refractivity contribution in [3.05, 3.63) is 28.0 Å². The van der Waals surface area contributed by atoms with Crippen LogP contribution in [-0.4, -0.2) is 10.9 Å². The minimum absolute atomic E-state index is 0.0905. The topological polar surface area (TPSA) is 37.3 Å². The molecule has 0 spiro atoms. The van der Waals surface area contributed by atoms with Gasteiger partial charge in [0.2, 0.25) is 0 Å². The van der Waals surface area contributed by atoms with E-state index in [-0.39, 0.29) is 15.8 Å². The fraction of sp³-hybridized carbons (Fsp3) is 0.125. The van der Waals surface area contributed by atoms with Gasteiger partial charge >= 0.3 is 0 Å². The van der Waals surface area contributed by atoms with E-state index in [9.17, 15) is 9.18 Å². The van der Waals surface area contributed by atoms with Crippen molar-refractivity contribution in [1.29, 1.82) is 0 Å². The molecule has 0 saturated carbocycles. The molecule has 1 N–H and O–H groups in total. The van der Waals surface area contributed by atoms with Gasteiger partial charge in [-0.15, -0.1) is 0 Å². The van der Waals surface area contributed by atoms with Crippen molar-refractivity contribution in [3.8, 4) is 5.75 Å². The average Bonchev–Trinajstić information content (AvgIpc) is 1.99. The largest absolute Gasteiger partial charge is 0.505 e. The molecule has 0 aliphatic heterocycles. The summed E-state index contributed by atoms with van der Waals surface area (Å²) in [5.41, 5.74) is 0.278. The van der Waals surface area contributed by atoms with E-state index in [4.69, 9.17) is 5.11 Å². The lowest BCUT2D eigenvalue weighted by atomic mass is 10.1.